The molecule has 2 N–H and O–H groups in total. The summed E-state index contributed by atoms with van der Waals surface area (Å²) in [5, 5.41) is 4.29. The van der Waals surface area contributed by atoms with Crippen molar-refractivity contribution in [1.29, 1.82) is 0 Å². The van der Waals surface area contributed by atoms with Gasteiger partial charge < -0.3 is 20.3 Å². The number of amides is 1. The molecule has 3 rings (SSSR count). The van der Waals surface area contributed by atoms with Gasteiger partial charge in [-0.2, -0.15) is 5.10 Å². The molecule has 146 valence electrons. The lowest BCUT2D eigenvalue weighted by Gasteiger charge is -2.37. The first-order valence-electron chi connectivity index (χ1n) is 9.26. The highest BCUT2D eigenvalue weighted by atomic mass is 16.6. The highest BCUT2D eigenvalue weighted by molar-refractivity contribution is 5.82. The smallest absolute Gasteiger partial charge is 0.410 e. The van der Waals surface area contributed by atoms with E-state index in [9.17, 15) is 4.79 Å². The van der Waals surface area contributed by atoms with Gasteiger partial charge in [-0.15, -0.1) is 0 Å². The maximum absolute atomic E-state index is 12.3. The number of aromatic nitrogens is 2. The van der Waals surface area contributed by atoms with Gasteiger partial charge in [0.2, 0.25) is 0 Å². The fourth-order valence-electron chi connectivity index (χ4n) is 3.22. The van der Waals surface area contributed by atoms with Crippen LogP contribution in [-0.4, -0.2) is 52.6 Å². The van der Waals surface area contributed by atoms with E-state index in [1.807, 2.05) is 53.2 Å². The number of nitrogens with two attached hydrogens (primary N) is 1. The number of rotatable bonds is 2. The van der Waals surface area contributed by atoms with Gasteiger partial charge in [0.25, 0.3) is 0 Å². The monoisotopic (exact) mass is 371 g/mol. The summed E-state index contributed by atoms with van der Waals surface area (Å²) in [6.45, 7) is 10.4. The predicted molar refractivity (Wildman–Crippen MR) is 108 cm³/mol. The third kappa shape index (κ3) is 4.35. The molecule has 1 aliphatic heterocycles. The van der Waals surface area contributed by atoms with Gasteiger partial charge >= 0.3 is 6.09 Å². The Balaban J connectivity index is 1.80. The van der Waals surface area contributed by atoms with E-state index in [0.717, 1.165) is 41.2 Å². The molecule has 1 aromatic heterocycles. The van der Waals surface area contributed by atoms with Gasteiger partial charge in [-0.1, -0.05) is 0 Å². The molecule has 0 aliphatic carbocycles. The van der Waals surface area contributed by atoms with Gasteiger partial charge in [0, 0.05) is 61.9 Å². The molecule has 0 atom stereocenters. The molecular weight excluding hydrogens is 342 g/mol. The summed E-state index contributed by atoms with van der Waals surface area (Å²) in [6, 6.07) is 4.14. The van der Waals surface area contributed by atoms with Crippen LogP contribution in [0.4, 0.5) is 16.2 Å². The van der Waals surface area contributed by atoms with Crippen LogP contribution in [0.25, 0.3) is 11.1 Å². The van der Waals surface area contributed by atoms with E-state index in [-0.39, 0.29) is 6.09 Å². The van der Waals surface area contributed by atoms with Crippen molar-refractivity contribution in [2.45, 2.75) is 33.3 Å². The van der Waals surface area contributed by atoms with E-state index in [1.165, 1.54) is 0 Å². The van der Waals surface area contributed by atoms with Gasteiger partial charge in [0.15, 0.2) is 0 Å². The summed E-state index contributed by atoms with van der Waals surface area (Å²) in [4.78, 5) is 16.4. The van der Waals surface area contributed by atoms with Crippen LogP contribution in [0, 0.1) is 6.92 Å². The Labute approximate surface area is 160 Å². The number of nitrogens with zero attached hydrogens (tertiary/aromatic N) is 4. The second-order valence-electron chi connectivity index (χ2n) is 8.08. The number of anilines is 2. The lowest BCUT2D eigenvalue weighted by molar-refractivity contribution is 0.0240. The second-order valence-corrected chi connectivity index (χ2v) is 8.08. The molecule has 7 heteroatoms. The third-order valence-electron chi connectivity index (χ3n) is 4.67. The summed E-state index contributed by atoms with van der Waals surface area (Å²) in [7, 11) is 1.90. The Morgan fingerprint density at radius 1 is 1.19 bits per heavy atom. The molecule has 1 saturated heterocycles. The maximum atomic E-state index is 12.3. The minimum atomic E-state index is -0.476. The molecule has 27 heavy (non-hydrogen) atoms. The standard InChI is InChI=1S/C20H29N5O2/c1-14-10-18(16(11-17(14)21)15-12-22-23(5)13-15)24-6-8-25(9-7-24)19(26)27-20(2,3)4/h10-13H,6-9,21H2,1-5H3. The van der Waals surface area contributed by atoms with Gasteiger partial charge in [0.1, 0.15) is 5.60 Å². The maximum Gasteiger partial charge on any atom is 0.410 e. The second kappa shape index (κ2) is 7.13. The minimum absolute atomic E-state index is 0.247. The highest BCUT2D eigenvalue weighted by Gasteiger charge is 2.27. The van der Waals surface area contributed by atoms with Crippen molar-refractivity contribution >= 4 is 17.5 Å². The van der Waals surface area contributed by atoms with Crippen LogP contribution >= 0.6 is 0 Å². The fourth-order valence-corrected chi connectivity index (χ4v) is 3.22. The number of ether oxygens (including phenoxy) is 1. The van der Waals surface area contributed by atoms with Crippen molar-refractivity contribution in [2.75, 3.05) is 36.8 Å². The lowest BCUT2D eigenvalue weighted by atomic mass is 10.0. The Morgan fingerprint density at radius 2 is 1.85 bits per heavy atom. The lowest BCUT2D eigenvalue weighted by Crippen LogP contribution is -2.50. The van der Waals surface area contributed by atoms with Crippen molar-refractivity contribution in [3.8, 4) is 11.1 Å². The van der Waals surface area contributed by atoms with E-state index in [0.29, 0.717) is 13.1 Å². The number of benzene rings is 1. The Kier molecular flexibility index (Phi) is 5.04. The number of aryl methyl sites for hydroxylation is 2. The zero-order valence-electron chi connectivity index (χ0n) is 16.8. The summed E-state index contributed by atoms with van der Waals surface area (Å²) < 4.78 is 7.28. The molecule has 0 radical (unpaired) electrons. The number of hydrogen-bond donors (Lipinski definition) is 1. The summed E-state index contributed by atoms with van der Waals surface area (Å²) in [5.41, 5.74) is 10.7. The SMILES string of the molecule is Cc1cc(N2CCN(C(=O)OC(C)(C)C)CC2)c(-c2cnn(C)c2)cc1N. The number of hydrogen-bond acceptors (Lipinski definition) is 5. The van der Waals surface area contributed by atoms with Crippen LogP contribution in [0.5, 0.6) is 0 Å². The van der Waals surface area contributed by atoms with Crippen molar-refractivity contribution < 1.29 is 9.53 Å². The number of piperazine rings is 1. The minimum Gasteiger partial charge on any atom is -0.444 e. The molecule has 2 heterocycles. The molecule has 1 aliphatic rings. The van der Waals surface area contributed by atoms with Crippen LogP contribution in [0.2, 0.25) is 0 Å². The Morgan fingerprint density at radius 3 is 2.41 bits per heavy atom. The Hall–Kier alpha value is -2.70. The molecule has 0 saturated carbocycles. The van der Waals surface area contributed by atoms with Crippen LogP contribution in [0.1, 0.15) is 26.3 Å². The number of carbonyl (C=O) groups excluding carboxylic acids is 1. The summed E-state index contributed by atoms with van der Waals surface area (Å²) in [6.07, 6.45) is 3.60. The highest BCUT2D eigenvalue weighted by Crippen LogP contribution is 2.35. The molecule has 2 aromatic rings. The largest absolute Gasteiger partial charge is 0.444 e. The van der Waals surface area contributed by atoms with Gasteiger partial charge in [-0.25, -0.2) is 4.79 Å². The third-order valence-corrected chi connectivity index (χ3v) is 4.67. The van der Waals surface area contributed by atoms with E-state index < -0.39 is 5.60 Å². The molecule has 0 bridgehead atoms. The normalized spacial score (nSPS) is 15.1. The van der Waals surface area contributed by atoms with Crippen LogP contribution < -0.4 is 10.6 Å². The number of nitrogen functional groups attached to an aromatic ring is 1. The van der Waals surface area contributed by atoms with Crippen molar-refractivity contribution in [2.24, 2.45) is 7.05 Å². The first-order valence-corrected chi connectivity index (χ1v) is 9.26. The molecule has 7 nitrogen and oxygen atoms in total. The average molecular weight is 371 g/mol. The first-order chi connectivity index (χ1) is 12.6. The summed E-state index contributed by atoms with van der Waals surface area (Å²) >= 11 is 0. The van der Waals surface area contributed by atoms with Crippen molar-refractivity contribution in [3.05, 3.63) is 30.1 Å². The first kappa shape index (κ1) is 19.1. The molecule has 1 aromatic carbocycles. The van der Waals surface area contributed by atoms with Gasteiger partial charge in [-0.05, 0) is 45.4 Å². The molecule has 1 fully saturated rings. The van der Waals surface area contributed by atoms with Gasteiger partial charge in [-0.3, -0.25) is 4.68 Å². The van der Waals surface area contributed by atoms with E-state index in [4.69, 9.17) is 10.5 Å². The zero-order valence-corrected chi connectivity index (χ0v) is 16.8. The van der Waals surface area contributed by atoms with E-state index in [2.05, 4.69) is 16.1 Å². The summed E-state index contributed by atoms with van der Waals surface area (Å²) in [5.74, 6) is 0. The molecule has 0 unspecified atom stereocenters. The average Bonchev–Trinajstić information content (AvgIpc) is 3.02. The number of carbonyl (C=O) groups is 1. The molecule has 1 amide bonds. The van der Waals surface area contributed by atoms with Crippen LogP contribution in [0.3, 0.4) is 0 Å². The predicted octanol–water partition coefficient (Wildman–Crippen LogP) is 3.03. The van der Waals surface area contributed by atoms with E-state index in [1.54, 1.807) is 9.58 Å². The zero-order chi connectivity index (χ0) is 19.8. The van der Waals surface area contributed by atoms with Crippen LogP contribution in [0.15, 0.2) is 24.5 Å². The molecular formula is C20H29N5O2. The fraction of sp³-hybridized carbons (Fsp3) is 0.500. The van der Waals surface area contributed by atoms with Gasteiger partial charge in [0.05, 0.1) is 6.20 Å². The van der Waals surface area contributed by atoms with E-state index >= 15 is 0 Å². The van der Waals surface area contributed by atoms with Crippen molar-refractivity contribution in [3.63, 3.8) is 0 Å². The topological polar surface area (TPSA) is 76.6 Å². The van der Waals surface area contributed by atoms with Crippen LogP contribution in [-0.2, 0) is 11.8 Å². The Bertz CT molecular complexity index is 829. The van der Waals surface area contributed by atoms with Crippen molar-refractivity contribution in [1.82, 2.24) is 14.7 Å². The quantitative estimate of drug-likeness (QED) is 0.821. The molecule has 0 spiro atoms.